The van der Waals surface area contributed by atoms with Crippen molar-refractivity contribution in [1.82, 2.24) is 4.98 Å². The van der Waals surface area contributed by atoms with Crippen LogP contribution in [0.3, 0.4) is 0 Å². The molecule has 1 aliphatic heterocycles. The van der Waals surface area contributed by atoms with E-state index in [4.69, 9.17) is 4.42 Å². The van der Waals surface area contributed by atoms with Crippen LogP contribution in [0.4, 0.5) is 5.88 Å². The van der Waals surface area contributed by atoms with Gasteiger partial charge < -0.3 is 9.32 Å². The van der Waals surface area contributed by atoms with Gasteiger partial charge in [-0.2, -0.15) is 4.98 Å². The predicted molar refractivity (Wildman–Crippen MR) is 119 cm³/mol. The predicted octanol–water partition coefficient (Wildman–Crippen LogP) is 5.28. The van der Waals surface area contributed by atoms with Gasteiger partial charge in [-0.25, -0.2) is 8.42 Å². The molecule has 0 aliphatic carbocycles. The van der Waals surface area contributed by atoms with Crippen LogP contribution in [-0.4, -0.2) is 26.5 Å². The second-order valence-electron chi connectivity index (χ2n) is 8.17. The molecule has 0 radical (unpaired) electrons. The maximum Gasteiger partial charge on any atom is 0.236 e. The molecule has 3 aromatic rings. The molecule has 5 nitrogen and oxygen atoms in total. The SMILES string of the molecule is CCc1ccc(S(=O)(=O)c2nc(-c3cccc(C)c3)oc2N2CCC(C)CC2)cc1. The van der Waals surface area contributed by atoms with Gasteiger partial charge in [0.05, 0.1) is 4.90 Å². The van der Waals surface area contributed by atoms with Gasteiger partial charge in [0, 0.05) is 18.7 Å². The summed E-state index contributed by atoms with van der Waals surface area (Å²) in [5, 5.41) is 0.0119. The number of piperidine rings is 1. The van der Waals surface area contributed by atoms with E-state index >= 15 is 0 Å². The number of benzene rings is 2. The maximum absolute atomic E-state index is 13.5. The minimum absolute atomic E-state index is 0.0119. The molecule has 158 valence electrons. The van der Waals surface area contributed by atoms with Crippen LogP contribution in [0.5, 0.6) is 0 Å². The third-order valence-electron chi connectivity index (χ3n) is 5.81. The van der Waals surface area contributed by atoms with Crippen molar-refractivity contribution < 1.29 is 12.8 Å². The van der Waals surface area contributed by atoms with E-state index in [1.165, 1.54) is 0 Å². The Morgan fingerprint density at radius 3 is 2.43 bits per heavy atom. The first kappa shape index (κ1) is 20.7. The Kier molecular flexibility index (Phi) is 5.69. The van der Waals surface area contributed by atoms with E-state index in [0.717, 1.165) is 49.0 Å². The number of hydrogen-bond acceptors (Lipinski definition) is 5. The van der Waals surface area contributed by atoms with Gasteiger partial charge in [0.2, 0.25) is 26.6 Å². The van der Waals surface area contributed by atoms with Gasteiger partial charge in [-0.3, -0.25) is 0 Å². The van der Waals surface area contributed by atoms with Gasteiger partial charge in [0.15, 0.2) is 0 Å². The van der Waals surface area contributed by atoms with Crippen molar-refractivity contribution in [3.05, 3.63) is 59.7 Å². The zero-order valence-electron chi connectivity index (χ0n) is 17.8. The average molecular weight is 425 g/mol. The van der Waals surface area contributed by atoms with Crippen LogP contribution in [0.1, 0.15) is 37.8 Å². The molecular weight excluding hydrogens is 396 g/mol. The monoisotopic (exact) mass is 424 g/mol. The van der Waals surface area contributed by atoms with E-state index in [9.17, 15) is 8.42 Å². The lowest BCUT2D eigenvalue weighted by atomic mass is 9.99. The summed E-state index contributed by atoms with van der Waals surface area (Å²) < 4.78 is 33.2. The molecule has 1 fully saturated rings. The van der Waals surface area contributed by atoms with E-state index in [1.807, 2.05) is 55.1 Å². The Bertz CT molecular complexity index is 1130. The second-order valence-corrected chi connectivity index (χ2v) is 10.0. The highest BCUT2D eigenvalue weighted by Crippen LogP contribution is 2.36. The van der Waals surface area contributed by atoms with E-state index in [0.29, 0.717) is 17.7 Å². The Labute approximate surface area is 178 Å². The van der Waals surface area contributed by atoms with Crippen molar-refractivity contribution >= 4 is 15.7 Å². The Hall–Kier alpha value is -2.60. The molecule has 0 N–H and O–H groups in total. The van der Waals surface area contributed by atoms with Gasteiger partial charge >= 0.3 is 0 Å². The molecule has 30 heavy (non-hydrogen) atoms. The van der Waals surface area contributed by atoms with E-state index in [2.05, 4.69) is 11.9 Å². The highest BCUT2D eigenvalue weighted by molar-refractivity contribution is 7.91. The number of anilines is 1. The molecule has 2 heterocycles. The number of sulfone groups is 1. The standard InChI is InChI=1S/C24H28N2O3S/c1-4-19-8-10-21(11-9-19)30(27,28)23-24(26-14-12-17(2)13-15-26)29-22(25-23)20-7-5-6-18(3)16-20/h5-11,16-17H,4,12-15H2,1-3H3. The van der Waals surface area contributed by atoms with E-state index in [-0.39, 0.29) is 9.92 Å². The van der Waals surface area contributed by atoms with Crippen LogP contribution < -0.4 is 4.90 Å². The number of aryl methyl sites for hydroxylation is 2. The van der Waals surface area contributed by atoms with Crippen LogP contribution in [0.2, 0.25) is 0 Å². The molecule has 0 amide bonds. The summed E-state index contributed by atoms with van der Waals surface area (Å²) in [6, 6.07) is 14.8. The lowest BCUT2D eigenvalue weighted by Crippen LogP contribution is -2.33. The fourth-order valence-electron chi connectivity index (χ4n) is 3.80. The van der Waals surface area contributed by atoms with Crippen molar-refractivity contribution in [3.8, 4) is 11.5 Å². The first-order valence-corrected chi connectivity index (χ1v) is 12.0. The lowest BCUT2D eigenvalue weighted by molar-refractivity contribution is 0.415. The molecule has 1 aromatic heterocycles. The molecule has 6 heteroatoms. The zero-order chi connectivity index (χ0) is 21.3. The lowest BCUT2D eigenvalue weighted by Gasteiger charge is -2.30. The van der Waals surface area contributed by atoms with Crippen molar-refractivity contribution in [3.63, 3.8) is 0 Å². The third-order valence-corrected chi connectivity index (χ3v) is 7.48. The Balaban J connectivity index is 1.81. The number of aromatic nitrogens is 1. The largest absolute Gasteiger partial charge is 0.419 e. The Morgan fingerprint density at radius 1 is 1.10 bits per heavy atom. The quantitative estimate of drug-likeness (QED) is 0.557. The highest BCUT2D eigenvalue weighted by atomic mass is 32.2. The Morgan fingerprint density at radius 2 is 1.80 bits per heavy atom. The fraction of sp³-hybridized carbons (Fsp3) is 0.375. The highest BCUT2D eigenvalue weighted by Gasteiger charge is 2.32. The molecule has 2 aromatic carbocycles. The molecule has 1 saturated heterocycles. The smallest absolute Gasteiger partial charge is 0.236 e. The third kappa shape index (κ3) is 4.01. The normalized spacial score (nSPS) is 15.5. The zero-order valence-corrected chi connectivity index (χ0v) is 18.6. The number of nitrogens with zero attached hydrogens (tertiary/aromatic N) is 2. The van der Waals surface area contributed by atoms with Gasteiger partial charge in [0.25, 0.3) is 0 Å². The molecule has 0 spiro atoms. The number of hydrogen-bond donors (Lipinski definition) is 0. The second kappa shape index (κ2) is 8.26. The molecule has 0 unspecified atom stereocenters. The maximum atomic E-state index is 13.5. The van der Waals surface area contributed by atoms with Crippen molar-refractivity contribution in [2.75, 3.05) is 18.0 Å². The van der Waals surface area contributed by atoms with Gasteiger partial charge in [-0.05, 0) is 61.9 Å². The van der Waals surface area contributed by atoms with Crippen molar-refractivity contribution in [1.29, 1.82) is 0 Å². The van der Waals surface area contributed by atoms with E-state index in [1.54, 1.807) is 12.1 Å². The van der Waals surface area contributed by atoms with Crippen molar-refractivity contribution in [2.24, 2.45) is 5.92 Å². The molecular formula is C24H28N2O3S. The number of oxazole rings is 1. The van der Waals surface area contributed by atoms with Crippen LogP contribution in [0.25, 0.3) is 11.5 Å². The summed E-state index contributed by atoms with van der Waals surface area (Å²) in [6.45, 7) is 7.79. The van der Waals surface area contributed by atoms with Gasteiger partial charge in [-0.15, -0.1) is 0 Å². The molecule has 0 atom stereocenters. The van der Waals surface area contributed by atoms with Crippen molar-refractivity contribution in [2.45, 2.75) is 50.0 Å². The minimum atomic E-state index is -3.80. The van der Waals surface area contributed by atoms with Gasteiger partial charge in [-0.1, -0.05) is 43.7 Å². The van der Waals surface area contributed by atoms with Gasteiger partial charge in [0.1, 0.15) is 0 Å². The molecule has 4 rings (SSSR count). The van der Waals surface area contributed by atoms with Crippen LogP contribution in [0, 0.1) is 12.8 Å². The summed E-state index contributed by atoms with van der Waals surface area (Å²) in [5.41, 5.74) is 2.95. The first-order chi connectivity index (χ1) is 14.4. The first-order valence-electron chi connectivity index (χ1n) is 10.6. The molecule has 0 saturated carbocycles. The summed E-state index contributed by atoms with van der Waals surface area (Å²) in [7, 11) is -3.80. The molecule has 1 aliphatic rings. The molecule has 0 bridgehead atoms. The summed E-state index contributed by atoms with van der Waals surface area (Å²) in [6.07, 6.45) is 2.87. The number of rotatable bonds is 5. The van der Waals surface area contributed by atoms with Crippen LogP contribution >= 0.6 is 0 Å². The van der Waals surface area contributed by atoms with Crippen LogP contribution in [-0.2, 0) is 16.3 Å². The summed E-state index contributed by atoms with van der Waals surface area (Å²) in [4.78, 5) is 6.78. The van der Waals surface area contributed by atoms with E-state index < -0.39 is 9.84 Å². The minimum Gasteiger partial charge on any atom is -0.419 e. The summed E-state index contributed by atoms with van der Waals surface area (Å²) in [5.74, 6) is 1.33. The fourth-order valence-corrected chi connectivity index (χ4v) is 5.12. The summed E-state index contributed by atoms with van der Waals surface area (Å²) >= 11 is 0. The average Bonchev–Trinajstić information content (AvgIpc) is 3.21. The van der Waals surface area contributed by atoms with Crippen LogP contribution in [0.15, 0.2) is 62.9 Å². The topological polar surface area (TPSA) is 63.4 Å².